The second kappa shape index (κ2) is 5.36. The molecule has 0 bridgehead atoms. The van der Waals surface area contributed by atoms with Gasteiger partial charge in [0.1, 0.15) is 0 Å². The molecule has 0 saturated heterocycles. The summed E-state index contributed by atoms with van der Waals surface area (Å²) in [5.41, 5.74) is 0. The van der Waals surface area contributed by atoms with E-state index >= 15 is 0 Å². The quantitative estimate of drug-likeness (QED) is 0.507. The van der Waals surface area contributed by atoms with Crippen LogP contribution in [0.1, 0.15) is 44.9 Å². The van der Waals surface area contributed by atoms with Gasteiger partial charge in [0.2, 0.25) is 0 Å². The average molecular weight is 168 g/mol. The van der Waals surface area contributed by atoms with Crippen LogP contribution >= 0.6 is 0 Å². The topological polar surface area (TPSA) is 20.2 Å². The number of hydrogen-bond donors (Lipinski definition) is 1. The second-order valence-electron chi connectivity index (χ2n) is 3.91. The SMILES string of the molecule is C=CCCC1CCCCC(O)C1. The van der Waals surface area contributed by atoms with Gasteiger partial charge < -0.3 is 5.11 Å². The summed E-state index contributed by atoms with van der Waals surface area (Å²) in [6, 6.07) is 0. The highest BCUT2D eigenvalue weighted by Gasteiger charge is 2.17. The highest BCUT2D eigenvalue weighted by atomic mass is 16.3. The Kier molecular flexibility index (Phi) is 4.37. The van der Waals surface area contributed by atoms with Crippen LogP contribution in [0.5, 0.6) is 0 Å². The van der Waals surface area contributed by atoms with Crippen LogP contribution in [-0.4, -0.2) is 11.2 Å². The number of allylic oxidation sites excluding steroid dienone is 1. The van der Waals surface area contributed by atoms with Gasteiger partial charge in [0.15, 0.2) is 0 Å². The molecule has 1 aliphatic carbocycles. The first-order chi connectivity index (χ1) is 5.83. The van der Waals surface area contributed by atoms with Gasteiger partial charge in [-0.15, -0.1) is 6.58 Å². The van der Waals surface area contributed by atoms with Gasteiger partial charge in [-0.05, 0) is 31.6 Å². The van der Waals surface area contributed by atoms with Gasteiger partial charge in [0.05, 0.1) is 6.10 Å². The summed E-state index contributed by atoms with van der Waals surface area (Å²) in [5.74, 6) is 0.750. The summed E-state index contributed by atoms with van der Waals surface area (Å²) >= 11 is 0. The van der Waals surface area contributed by atoms with Crippen molar-refractivity contribution in [2.75, 3.05) is 0 Å². The Morgan fingerprint density at radius 2 is 2.08 bits per heavy atom. The third kappa shape index (κ3) is 3.40. The fourth-order valence-corrected chi connectivity index (χ4v) is 2.05. The lowest BCUT2D eigenvalue weighted by molar-refractivity contribution is 0.139. The zero-order valence-electron chi connectivity index (χ0n) is 7.84. The van der Waals surface area contributed by atoms with Crippen LogP contribution in [0.4, 0.5) is 0 Å². The third-order valence-electron chi connectivity index (χ3n) is 2.78. The molecule has 0 aromatic heterocycles. The first kappa shape index (κ1) is 9.79. The van der Waals surface area contributed by atoms with Crippen LogP contribution in [0, 0.1) is 5.92 Å². The Morgan fingerprint density at radius 1 is 1.33 bits per heavy atom. The predicted molar refractivity (Wildman–Crippen MR) is 52.0 cm³/mol. The number of hydrogen-bond acceptors (Lipinski definition) is 1. The van der Waals surface area contributed by atoms with Gasteiger partial charge in [0, 0.05) is 0 Å². The van der Waals surface area contributed by atoms with E-state index in [1.165, 1.54) is 25.7 Å². The molecule has 1 rings (SSSR count). The largest absolute Gasteiger partial charge is 0.393 e. The molecule has 1 fully saturated rings. The Bertz CT molecular complexity index is 131. The minimum absolute atomic E-state index is 0.0256. The fourth-order valence-electron chi connectivity index (χ4n) is 2.05. The summed E-state index contributed by atoms with van der Waals surface area (Å²) in [6.07, 6.45) is 10.2. The molecule has 2 atom stereocenters. The molecule has 0 aromatic rings. The summed E-state index contributed by atoms with van der Waals surface area (Å²) < 4.78 is 0. The van der Waals surface area contributed by atoms with Crippen LogP contribution in [-0.2, 0) is 0 Å². The second-order valence-corrected chi connectivity index (χ2v) is 3.91. The zero-order chi connectivity index (χ0) is 8.81. The van der Waals surface area contributed by atoms with E-state index in [1.54, 1.807) is 0 Å². The molecule has 1 N–H and O–H groups in total. The lowest BCUT2D eigenvalue weighted by atomic mass is 9.94. The normalized spacial score (nSPS) is 31.1. The van der Waals surface area contributed by atoms with Crippen molar-refractivity contribution in [2.24, 2.45) is 5.92 Å². The summed E-state index contributed by atoms with van der Waals surface area (Å²) in [6.45, 7) is 3.73. The fraction of sp³-hybridized carbons (Fsp3) is 0.818. The van der Waals surface area contributed by atoms with Gasteiger partial charge in [-0.1, -0.05) is 25.3 Å². The zero-order valence-corrected chi connectivity index (χ0v) is 7.84. The van der Waals surface area contributed by atoms with Crippen LogP contribution in [0.25, 0.3) is 0 Å². The van der Waals surface area contributed by atoms with Crippen molar-refractivity contribution in [3.63, 3.8) is 0 Å². The third-order valence-corrected chi connectivity index (χ3v) is 2.78. The van der Waals surface area contributed by atoms with Crippen molar-refractivity contribution in [2.45, 2.75) is 51.0 Å². The predicted octanol–water partition coefficient (Wildman–Crippen LogP) is 2.89. The van der Waals surface area contributed by atoms with E-state index in [0.29, 0.717) is 0 Å². The van der Waals surface area contributed by atoms with Gasteiger partial charge in [0.25, 0.3) is 0 Å². The van der Waals surface area contributed by atoms with E-state index in [4.69, 9.17) is 0 Å². The minimum atomic E-state index is -0.0256. The van der Waals surface area contributed by atoms with Gasteiger partial charge in [-0.25, -0.2) is 0 Å². The standard InChI is InChI=1S/C11H20O/c1-2-3-6-10-7-4-5-8-11(12)9-10/h2,10-12H,1,3-9H2. The van der Waals surface area contributed by atoms with E-state index in [1.807, 2.05) is 6.08 Å². The van der Waals surface area contributed by atoms with E-state index < -0.39 is 0 Å². The van der Waals surface area contributed by atoms with Crippen LogP contribution in [0.3, 0.4) is 0 Å². The lowest BCUT2D eigenvalue weighted by Crippen LogP contribution is -2.10. The Labute approximate surface area is 75.5 Å². The Hall–Kier alpha value is -0.300. The van der Waals surface area contributed by atoms with Crippen LogP contribution in [0.15, 0.2) is 12.7 Å². The highest BCUT2D eigenvalue weighted by Crippen LogP contribution is 2.26. The Balaban J connectivity index is 2.25. The van der Waals surface area contributed by atoms with Crippen molar-refractivity contribution in [3.8, 4) is 0 Å². The first-order valence-electron chi connectivity index (χ1n) is 5.12. The summed E-state index contributed by atoms with van der Waals surface area (Å²) in [7, 11) is 0. The van der Waals surface area contributed by atoms with Crippen molar-refractivity contribution in [1.29, 1.82) is 0 Å². The van der Waals surface area contributed by atoms with Crippen LogP contribution in [0.2, 0.25) is 0 Å². The molecule has 1 aliphatic rings. The van der Waals surface area contributed by atoms with E-state index in [2.05, 4.69) is 6.58 Å². The molecule has 0 spiro atoms. The molecule has 1 heteroatoms. The molecule has 0 radical (unpaired) electrons. The molecule has 0 aromatic carbocycles. The highest BCUT2D eigenvalue weighted by molar-refractivity contribution is 4.74. The summed E-state index contributed by atoms with van der Waals surface area (Å²) in [5, 5.41) is 9.53. The summed E-state index contributed by atoms with van der Waals surface area (Å²) in [4.78, 5) is 0. The first-order valence-corrected chi connectivity index (χ1v) is 5.12. The number of rotatable bonds is 3. The van der Waals surface area contributed by atoms with E-state index in [0.717, 1.165) is 25.2 Å². The van der Waals surface area contributed by atoms with Crippen molar-refractivity contribution in [1.82, 2.24) is 0 Å². The molecule has 0 heterocycles. The van der Waals surface area contributed by atoms with Crippen molar-refractivity contribution >= 4 is 0 Å². The van der Waals surface area contributed by atoms with Gasteiger partial charge in [-0.3, -0.25) is 0 Å². The van der Waals surface area contributed by atoms with Crippen molar-refractivity contribution in [3.05, 3.63) is 12.7 Å². The maximum absolute atomic E-state index is 9.53. The minimum Gasteiger partial charge on any atom is -0.393 e. The maximum Gasteiger partial charge on any atom is 0.0542 e. The maximum atomic E-state index is 9.53. The van der Waals surface area contributed by atoms with E-state index in [-0.39, 0.29) is 6.10 Å². The molecule has 1 nitrogen and oxygen atoms in total. The number of aliphatic hydroxyl groups is 1. The Morgan fingerprint density at radius 3 is 2.83 bits per heavy atom. The van der Waals surface area contributed by atoms with Crippen LogP contribution < -0.4 is 0 Å². The van der Waals surface area contributed by atoms with E-state index in [9.17, 15) is 5.11 Å². The molecule has 70 valence electrons. The monoisotopic (exact) mass is 168 g/mol. The molecular formula is C11H20O. The molecule has 12 heavy (non-hydrogen) atoms. The average Bonchev–Trinajstić information content (AvgIpc) is 2.26. The van der Waals surface area contributed by atoms with Crippen molar-refractivity contribution < 1.29 is 5.11 Å². The number of aliphatic hydroxyl groups excluding tert-OH is 1. The molecule has 0 aliphatic heterocycles. The van der Waals surface area contributed by atoms with Gasteiger partial charge >= 0.3 is 0 Å². The lowest BCUT2D eigenvalue weighted by Gasteiger charge is -2.14. The van der Waals surface area contributed by atoms with Gasteiger partial charge in [-0.2, -0.15) is 0 Å². The smallest absolute Gasteiger partial charge is 0.0542 e. The molecule has 0 amide bonds. The molecular weight excluding hydrogens is 148 g/mol. The molecule has 1 saturated carbocycles. The molecule has 2 unspecified atom stereocenters.